The van der Waals surface area contributed by atoms with E-state index < -0.39 is 0 Å². The van der Waals surface area contributed by atoms with E-state index in [1.807, 2.05) is 6.92 Å². The van der Waals surface area contributed by atoms with Crippen molar-refractivity contribution in [1.29, 1.82) is 0 Å². The quantitative estimate of drug-likeness (QED) is 0.766. The molecule has 0 aliphatic carbocycles. The zero-order valence-corrected chi connectivity index (χ0v) is 10.3. The summed E-state index contributed by atoms with van der Waals surface area (Å²) in [4.78, 5) is 4.42. The van der Waals surface area contributed by atoms with Crippen molar-refractivity contribution in [3.63, 3.8) is 0 Å². The minimum atomic E-state index is 0.0403. The highest BCUT2D eigenvalue weighted by atomic mass is 32.1. The van der Waals surface area contributed by atoms with Crippen LogP contribution in [0.5, 0.6) is 0 Å². The fourth-order valence-corrected chi connectivity index (χ4v) is 2.09. The van der Waals surface area contributed by atoms with Crippen LogP contribution in [0.3, 0.4) is 0 Å². The monoisotopic (exact) mass is 229 g/mol. The van der Waals surface area contributed by atoms with Gasteiger partial charge in [0.2, 0.25) is 0 Å². The maximum Gasteiger partial charge on any atom is 0.110 e. The number of ether oxygens (including phenoxy) is 1. The van der Waals surface area contributed by atoms with Gasteiger partial charge >= 0.3 is 0 Å². The first-order chi connectivity index (χ1) is 7.13. The van der Waals surface area contributed by atoms with Crippen molar-refractivity contribution in [3.8, 4) is 0 Å². The first kappa shape index (κ1) is 12.6. The molecule has 0 aliphatic rings. The zero-order valence-electron chi connectivity index (χ0n) is 9.49. The molecule has 15 heavy (non-hydrogen) atoms. The highest BCUT2D eigenvalue weighted by Gasteiger charge is 2.10. The zero-order chi connectivity index (χ0) is 11.3. The van der Waals surface area contributed by atoms with Crippen molar-refractivity contribution >= 4 is 11.3 Å². The van der Waals surface area contributed by atoms with Crippen LogP contribution in [0, 0.1) is 6.92 Å². The molecule has 0 aromatic carbocycles. The van der Waals surface area contributed by atoms with E-state index in [9.17, 15) is 0 Å². The Morgan fingerprint density at radius 2 is 2.40 bits per heavy atom. The number of nitrogens with one attached hydrogen (secondary N) is 1. The average Bonchev–Trinajstić information content (AvgIpc) is 2.62. The molecule has 1 aromatic heterocycles. The number of hydrogen-bond acceptors (Lipinski definition) is 5. The summed E-state index contributed by atoms with van der Waals surface area (Å²) in [5.74, 6) is 0. The molecule has 3 N–H and O–H groups in total. The van der Waals surface area contributed by atoms with Crippen molar-refractivity contribution in [1.82, 2.24) is 10.3 Å². The Kier molecular flexibility index (Phi) is 5.17. The molecule has 1 heterocycles. The second kappa shape index (κ2) is 6.17. The topological polar surface area (TPSA) is 60.2 Å². The Labute approximate surface area is 94.8 Å². The van der Waals surface area contributed by atoms with E-state index in [1.165, 1.54) is 0 Å². The number of methoxy groups -OCH3 is 1. The normalized spacial score (nSPS) is 15.2. The summed E-state index contributed by atoms with van der Waals surface area (Å²) in [5.41, 5.74) is 6.89. The van der Waals surface area contributed by atoms with Gasteiger partial charge in [-0.15, -0.1) is 11.3 Å². The van der Waals surface area contributed by atoms with Gasteiger partial charge in [-0.25, -0.2) is 4.98 Å². The number of aryl methyl sites for hydroxylation is 1. The van der Waals surface area contributed by atoms with Gasteiger partial charge in [-0.2, -0.15) is 0 Å². The average molecular weight is 229 g/mol. The molecule has 0 saturated carbocycles. The van der Waals surface area contributed by atoms with Crippen LogP contribution < -0.4 is 11.1 Å². The van der Waals surface area contributed by atoms with Crippen LogP contribution in [0.2, 0.25) is 0 Å². The molecule has 0 spiro atoms. The smallest absolute Gasteiger partial charge is 0.110 e. The van der Waals surface area contributed by atoms with Crippen molar-refractivity contribution < 1.29 is 4.74 Å². The Balaban J connectivity index is 2.33. The third kappa shape index (κ3) is 4.25. The van der Waals surface area contributed by atoms with Gasteiger partial charge in [0.15, 0.2) is 0 Å². The second-order valence-electron chi connectivity index (χ2n) is 3.67. The van der Waals surface area contributed by atoms with Crippen LogP contribution in [-0.4, -0.2) is 31.3 Å². The molecular weight excluding hydrogens is 210 g/mol. The van der Waals surface area contributed by atoms with Gasteiger partial charge in [0.05, 0.1) is 12.6 Å². The fraction of sp³-hybridized carbons (Fsp3) is 0.700. The Morgan fingerprint density at radius 1 is 1.67 bits per heavy atom. The van der Waals surface area contributed by atoms with Gasteiger partial charge in [0.25, 0.3) is 0 Å². The lowest BCUT2D eigenvalue weighted by molar-refractivity contribution is 0.178. The van der Waals surface area contributed by atoms with E-state index in [2.05, 4.69) is 22.6 Å². The van der Waals surface area contributed by atoms with Gasteiger partial charge in [-0.3, -0.25) is 0 Å². The lowest BCUT2D eigenvalue weighted by Gasteiger charge is -2.15. The molecule has 1 aromatic rings. The molecule has 2 unspecified atom stereocenters. The fourth-order valence-electron chi connectivity index (χ4n) is 1.26. The van der Waals surface area contributed by atoms with Crippen molar-refractivity contribution in [2.75, 3.05) is 20.3 Å². The summed E-state index contributed by atoms with van der Waals surface area (Å²) >= 11 is 1.68. The minimum Gasteiger partial charge on any atom is -0.383 e. The van der Waals surface area contributed by atoms with Crippen LogP contribution in [0.4, 0.5) is 0 Å². The van der Waals surface area contributed by atoms with Crippen LogP contribution in [0.25, 0.3) is 0 Å². The predicted octanol–water partition coefficient (Wildman–Crippen LogP) is 1.08. The number of aromatic nitrogens is 1. The molecule has 0 amide bonds. The van der Waals surface area contributed by atoms with Crippen LogP contribution in [0.15, 0.2) is 5.38 Å². The standard InChI is InChI=1S/C10H19N3OS/c1-7-6-15-10(13-7)8(2)12-4-9(11)5-14-3/h6,8-9,12H,4-5,11H2,1-3H3. The molecule has 5 heteroatoms. The summed E-state index contributed by atoms with van der Waals surface area (Å²) < 4.78 is 4.97. The van der Waals surface area contributed by atoms with Gasteiger partial charge < -0.3 is 15.8 Å². The molecule has 0 bridgehead atoms. The lowest BCUT2D eigenvalue weighted by atomic mass is 10.3. The molecule has 4 nitrogen and oxygen atoms in total. The lowest BCUT2D eigenvalue weighted by Crippen LogP contribution is -2.38. The second-order valence-corrected chi connectivity index (χ2v) is 4.56. The summed E-state index contributed by atoms with van der Waals surface area (Å²) in [6.45, 7) is 5.42. The van der Waals surface area contributed by atoms with E-state index in [1.54, 1.807) is 18.4 Å². The first-order valence-corrected chi connectivity index (χ1v) is 5.91. The Bertz CT molecular complexity index is 290. The molecule has 2 atom stereocenters. The van der Waals surface area contributed by atoms with Crippen LogP contribution >= 0.6 is 11.3 Å². The summed E-state index contributed by atoms with van der Waals surface area (Å²) in [7, 11) is 1.66. The molecule has 0 radical (unpaired) electrons. The predicted molar refractivity (Wildman–Crippen MR) is 63.1 cm³/mol. The maximum atomic E-state index is 5.81. The third-order valence-corrected chi connectivity index (χ3v) is 3.22. The number of nitrogens with two attached hydrogens (primary N) is 1. The van der Waals surface area contributed by atoms with Crippen LogP contribution in [-0.2, 0) is 4.74 Å². The van der Waals surface area contributed by atoms with Gasteiger partial charge in [-0.1, -0.05) is 0 Å². The van der Waals surface area contributed by atoms with Crippen molar-refractivity contribution in [2.45, 2.75) is 25.9 Å². The van der Waals surface area contributed by atoms with Gasteiger partial charge in [0, 0.05) is 30.8 Å². The molecular formula is C10H19N3OS. The van der Waals surface area contributed by atoms with Gasteiger partial charge in [0.1, 0.15) is 5.01 Å². The SMILES string of the molecule is COCC(N)CNC(C)c1nc(C)cs1. The van der Waals surface area contributed by atoms with E-state index in [-0.39, 0.29) is 12.1 Å². The molecule has 0 saturated heterocycles. The highest BCUT2D eigenvalue weighted by Crippen LogP contribution is 2.16. The van der Waals surface area contributed by atoms with E-state index in [0.29, 0.717) is 6.61 Å². The first-order valence-electron chi connectivity index (χ1n) is 5.03. The minimum absolute atomic E-state index is 0.0403. The van der Waals surface area contributed by atoms with Gasteiger partial charge in [-0.05, 0) is 13.8 Å². The number of thiazole rings is 1. The summed E-state index contributed by atoms with van der Waals surface area (Å²) in [6, 6.07) is 0.296. The van der Waals surface area contributed by atoms with E-state index >= 15 is 0 Å². The highest BCUT2D eigenvalue weighted by molar-refractivity contribution is 7.09. The van der Waals surface area contributed by atoms with E-state index in [4.69, 9.17) is 10.5 Å². The van der Waals surface area contributed by atoms with Crippen LogP contribution in [0.1, 0.15) is 23.7 Å². The third-order valence-electron chi connectivity index (χ3n) is 2.07. The molecule has 86 valence electrons. The Hall–Kier alpha value is -0.490. The van der Waals surface area contributed by atoms with E-state index in [0.717, 1.165) is 17.2 Å². The Morgan fingerprint density at radius 3 is 2.93 bits per heavy atom. The maximum absolute atomic E-state index is 5.81. The summed E-state index contributed by atoms with van der Waals surface area (Å²) in [5, 5.41) is 6.51. The largest absolute Gasteiger partial charge is 0.383 e. The molecule has 0 aliphatic heterocycles. The van der Waals surface area contributed by atoms with Crippen molar-refractivity contribution in [3.05, 3.63) is 16.1 Å². The number of hydrogen-bond donors (Lipinski definition) is 2. The summed E-state index contributed by atoms with van der Waals surface area (Å²) in [6.07, 6.45) is 0. The molecule has 1 rings (SSSR count). The number of nitrogens with zero attached hydrogens (tertiary/aromatic N) is 1. The number of rotatable bonds is 6. The molecule has 0 fully saturated rings. The van der Waals surface area contributed by atoms with Crippen molar-refractivity contribution in [2.24, 2.45) is 5.73 Å².